The van der Waals surface area contributed by atoms with Crippen molar-refractivity contribution in [3.05, 3.63) is 86.0 Å². The molecule has 0 heterocycles. The molecule has 3 aromatic carbocycles. The predicted octanol–water partition coefficient (Wildman–Crippen LogP) is 4.81. The van der Waals surface area contributed by atoms with E-state index in [9.17, 15) is 25.6 Å². The van der Waals surface area contributed by atoms with Gasteiger partial charge in [0, 0.05) is 21.8 Å². The van der Waals surface area contributed by atoms with Gasteiger partial charge >= 0.3 is 0 Å². The van der Waals surface area contributed by atoms with Gasteiger partial charge in [-0.3, -0.25) is 4.72 Å². The highest BCUT2D eigenvalue weighted by atomic mass is 127. The lowest BCUT2D eigenvalue weighted by molar-refractivity contribution is 0.474. The number of anilines is 1. The van der Waals surface area contributed by atoms with E-state index in [2.05, 4.69) is 4.72 Å². The fourth-order valence-electron chi connectivity index (χ4n) is 3.37. The number of halogens is 3. The van der Waals surface area contributed by atoms with Crippen LogP contribution < -0.4 is 14.6 Å². The van der Waals surface area contributed by atoms with Gasteiger partial charge in [-0.2, -0.15) is 8.42 Å². The predicted molar refractivity (Wildman–Crippen MR) is 139 cm³/mol. The average molecular weight is 636 g/mol. The van der Waals surface area contributed by atoms with Crippen molar-refractivity contribution in [1.82, 2.24) is 0 Å². The van der Waals surface area contributed by atoms with E-state index in [1.807, 2.05) is 22.6 Å². The molecular weight excluding hydrogens is 613 g/mol. The second-order valence-corrected chi connectivity index (χ2v) is 12.7. The minimum Gasteiger partial charge on any atom is -0.455 e. The van der Waals surface area contributed by atoms with Crippen molar-refractivity contribution in [3.8, 4) is 11.5 Å². The van der Waals surface area contributed by atoms with Crippen molar-refractivity contribution in [2.45, 2.75) is 26.0 Å². The standard InChI is InChI=1S/C23H23F2IN2O5S2/c1-3-34(29,30)13-16-5-4-6-21(14(16)2)33-22-11-18(24)10-17(23(22)28-35(27,31)32)9-15-7-8-19(26)12-20(15)25/h4-8,10-12,28H,3,9,13H2,1-2H3,(H2,27,31,32). The van der Waals surface area contributed by atoms with Gasteiger partial charge in [-0.05, 0) is 76.0 Å². The first kappa shape index (κ1) is 27.3. The van der Waals surface area contributed by atoms with Gasteiger partial charge in [0.1, 0.15) is 17.4 Å². The van der Waals surface area contributed by atoms with Crippen LogP contribution in [0.5, 0.6) is 11.5 Å². The lowest BCUT2D eigenvalue weighted by atomic mass is 10.0. The maximum absolute atomic E-state index is 14.6. The van der Waals surface area contributed by atoms with Gasteiger partial charge in [0.2, 0.25) is 0 Å². The largest absolute Gasteiger partial charge is 0.455 e. The molecule has 12 heteroatoms. The van der Waals surface area contributed by atoms with E-state index < -0.39 is 31.7 Å². The van der Waals surface area contributed by atoms with Gasteiger partial charge in [-0.25, -0.2) is 22.3 Å². The molecule has 7 nitrogen and oxygen atoms in total. The summed E-state index contributed by atoms with van der Waals surface area (Å²) in [6.07, 6.45) is -0.150. The molecule has 0 saturated heterocycles. The molecule has 0 aliphatic rings. The molecule has 3 rings (SSSR count). The maximum atomic E-state index is 14.6. The first-order valence-corrected chi connectivity index (χ1v) is 14.8. The van der Waals surface area contributed by atoms with E-state index in [0.717, 1.165) is 12.1 Å². The number of hydrogen-bond donors (Lipinski definition) is 2. The maximum Gasteiger partial charge on any atom is 0.296 e. The van der Waals surface area contributed by atoms with Gasteiger partial charge in [0.15, 0.2) is 15.6 Å². The minimum atomic E-state index is -4.31. The van der Waals surface area contributed by atoms with E-state index >= 15 is 0 Å². The highest BCUT2D eigenvalue weighted by Gasteiger charge is 2.20. The van der Waals surface area contributed by atoms with Crippen LogP contribution in [0.4, 0.5) is 14.5 Å². The Labute approximate surface area is 216 Å². The Morgan fingerprint density at radius 2 is 1.69 bits per heavy atom. The first-order valence-electron chi connectivity index (χ1n) is 10.3. The van der Waals surface area contributed by atoms with Crippen LogP contribution in [0.2, 0.25) is 0 Å². The molecule has 0 radical (unpaired) electrons. The Hall–Kier alpha value is -2.29. The summed E-state index contributed by atoms with van der Waals surface area (Å²) in [5.41, 5.74) is 1.13. The summed E-state index contributed by atoms with van der Waals surface area (Å²) in [4.78, 5) is 0. The average Bonchev–Trinajstić information content (AvgIpc) is 2.74. The number of nitrogens with one attached hydrogen (secondary N) is 1. The summed E-state index contributed by atoms with van der Waals surface area (Å²) in [7, 11) is -7.64. The molecule has 3 aromatic rings. The first-order chi connectivity index (χ1) is 16.3. The van der Waals surface area contributed by atoms with Gasteiger partial charge in [-0.1, -0.05) is 25.1 Å². The molecule has 0 amide bonds. The van der Waals surface area contributed by atoms with Crippen molar-refractivity contribution >= 4 is 48.3 Å². The zero-order chi connectivity index (χ0) is 26.0. The number of benzene rings is 3. The fourth-order valence-corrected chi connectivity index (χ4v) is 5.33. The van der Waals surface area contributed by atoms with Crippen LogP contribution in [0.1, 0.15) is 29.2 Å². The second-order valence-electron chi connectivity index (χ2n) is 7.82. The quantitative estimate of drug-likeness (QED) is 0.327. The summed E-state index contributed by atoms with van der Waals surface area (Å²) in [6, 6.07) is 11.3. The lowest BCUT2D eigenvalue weighted by Crippen LogP contribution is -2.23. The van der Waals surface area contributed by atoms with Gasteiger partial charge in [0.05, 0.1) is 11.4 Å². The Kier molecular flexibility index (Phi) is 8.40. The van der Waals surface area contributed by atoms with E-state index in [1.165, 1.54) is 12.1 Å². The van der Waals surface area contributed by atoms with Gasteiger partial charge < -0.3 is 4.74 Å². The molecule has 0 aromatic heterocycles. The molecule has 0 aliphatic heterocycles. The number of ether oxygens (including phenoxy) is 1. The normalized spacial score (nSPS) is 11.9. The Bertz CT molecular complexity index is 1480. The van der Waals surface area contributed by atoms with Crippen LogP contribution >= 0.6 is 22.6 Å². The van der Waals surface area contributed by atoms with Crippen LogP contribution in [-0.4, -0.2) is 22.6 Å². The molecule has 0 atom stereocenters. The Balaban J connectivity index is 2.10. The molecular formula is C23H23F2IN2O5S2. The number of nitrogens with two attached hydrogens (primary N) is 1. The van der Waals surface area contributed by atoms with E-state index in [-0.39, 0.29) is 46.2 Å². The van der Waals surface area contributed by atoms with Crippen LogP contribution in [-0.2, 0) is 32.2 Å². The SMILES string of the molecule is CCS(=O)(=O)Cc1cccc(Oc2cc(F)cc(Cc3ccc(I)cc3F)c2NS(N)(=O)=O)c1C. The molecule has 0 bridgehead atoms. The number of sulfone groups is 1. The van der Waals surface area contributed by atoms with Crippen LogP contribution in [0.3, 0.4) is 0 Å². The summed E-state index contributed by atoms with van der Waals surface area (Å²) < 4.78 is 85.7. The third kappa shape index (κ3) is 7.35. The molecule has 0 fully saturated rings. The molecule has 0 unspecified atom stereocenters. The minimum absolute atomic E-state index is 0.0394. The summed E-state index contributed by atoms with van der Waals surface area (Å²) in [6.45, 7) is 3.19. The summed E-state index contributed by atoms with van der Waals surface area (Å²) in [5.74, 6) is -1.55. The summed E-state index contributed by atoms with van der Waals surface area (Å²) >= 11 is 1.95. The zero-order valence-corrected chi connectivity index (χ0v) is 22.6. The Morgan fingerprint density at radius 3 is 2.31 bits per heavy atom. The van der Waals surface area contributed by atoms with Crippen LogP contribution in [0.25, 0.3) is 0 Å². The van der Waals surface area contributed by atoms with E-state index in [0.29, 0.717) is 14.7 Å². The van der Waals surface area contributed by atoms with Crippen LogP contribution in [0.15, 0.2) is 48.5 Å². The molecule has 35 heavy (non-hydrogen) atoms. The van der Waals surface area contributed by atoms with Crippen molar-refractivity contribution in [2.24, 2.45) is 5.14 Å². The molecule has 0 aliphatic carbocycles. The van der Waals surface area contributed by atoms with Crippen LogP contribution in [0, 0.1) is 22.1 Å². The number of rotatable bonds is 9. The molecule has 0 spiro atoms. The lowest BCUT2D eigenvalue weighted by Gasteiger charge is -2.18. The highest BCUT2D eigenvalue weighted by molar-refractivity contribution is 14.1. The van der Waals surface area contributed by atoms with Crippen molar-refractivity contribution < 1.29 is 30.4 Å². The zero-order valence-electron chi connectivity index (χ0n) is 18.8. The van der Waals surface area contributed by atoms with Crippen molar-refractivity contribution in [2.75, 3.05) is 10.5 Å². The smallest absolute Gasteiger partial charge is 0.296 e. The van der Waals surface area contributed by atoms with E-state index in [1.54, 1.807) is 38.1 Å². The van der Waals surface area contributed by atoms with E-state index in [4.69, 9.17) is 9.88 Å². The fraction of sp³-hybridized carbons (Fsp3) is 0.217. The van der Waals surface area contributed by atoms with Gasteiger partial charge in [-0.15, -0.1) is 0 Å². The third-order valence-electron chi connectivity index (χ3n) is 5.22. The van der Waals surface area contributed by atoms with Gasteiger partial charge in [0.25, 0.3) is 10.2 Å². The topological polar surface area (TPSA) is 116 Å². The molecule has 188 valence electrons. The molecule has 3 N–H and O–H groups in total. The molecule has 0 saturated carbocycles. The third-order valence-corrected chi connectivity index (χ3v) is 8.01. The monoisotopic (exact) mass is 636 g/mol. The highest BCUT2D eigenvalue weighted by Crippen LogP contribution is 2.37. The number of hydrogen-bond acceptors (Lipinski definition) is 5. The second kappa shape index (κ2) is 10.8. The van der Waals surface area contributed by atoms with Crippen molar-refractivity contribution in [1.29, 1.82) is 0 Å². The Morgan fingerprint density at radius 1 is 0.971 bits per heavy atom. The van der Waals surface area contributed by atoms with Crippen molar-refractivity contribution in [3.63, 3.8) is 0 Å². The summed E-state index contributed by atoms with van der Waals surface area (Å²) in [5, 5.41) is 5.19.